The number of ether oxygens (including phenoxy) is 1. The summed E-state index contributed by atoms with van der Waals surface area (Å²) in [7, 11) is 1.65. The maximum Gasteiger partial charge on any atom is 0.247 e. The zero-order valence-electron chi connectivity index (χ0n) is 10.5. The Morgan fingerprint density at radius 3 is 2.59 bits per heavy atom. The van der Waals surface area contributed by atoms with Crippen LogP contribution in [0, 0.1) is 6.92 Å². The molecule has 17 heavy (non-hydrogen) atoms. The van der Waals surface area contributed by atoms with Crippen LogP contribution in [-0.2, 0) is 0 Å². The lowest BCUT2D eigenvalue weighted by Crippen LogP contribution is -1.88. The average molecular weight is 232 g/mol. The van der Waals surface area contributed by atoms with Crippen LogP contribution in [0.4, 0.5) is 0 Å². The molecule has 4 heteroatoms. The fraction of sp³-hybridized carbons (Fsp3) is 0.385. The zero-order chi connectivity index (χ0) is 12.4. The normalized spacial score (nSPS) is 10.9. The molecule has 0 amide bonds. The van der Waals surface area contributed by atoms with Crippen molar-refractivity contribution in [2.75, 3.05) is 7.11 Å². The number of aromatic nitrogens is 2. The van der Waals surface area contributed by atoms with Crippen LogP contribution < -0.4 is 4.74 Å². The fourth-order valence-corrected chi connectivity index (χ4v) is 1.54. The smallest absolute Gasteiger partial charge is 0.247 e. The van der Waals surface area contributed by atoms with E-state index >= 15 is 0 Å². The van der Waals surface area contributed by atoms with Gasteiger partial charge in [0.2, 0.25) is 11.8 Å². The molecule has 0 N–H and O–H groups in total. The van der Waals surface area contributed by atoms with Crippen molar-refractivity contribution in [3.05, 3.63) is 29.7 Å². The molecular formula is C13H16N2O2. The van der Waals surface area contributed by atoms with Gasteiger partial charge in [0.15, 0.2) is 0 Å². The molecule has 2 aromatic rings. The number of aryl methyl sites for hydroxylation is 1. The second-order valence-electron chi connectivity index (χ2n) is 4.28. The van der Waals surface area contributed by atoms with Crippen molar-refractivity contribution in [1.29, 1.82) is 0 Å². The molecule has 0 fully saturated rings. The third kappa shape index (κ3) is 2.30. The van der Waals surface area contributed by atoms with Crippen molar-refractivity contribution in [3.8, 4) is 17.2 Å². The van der Waals surface area contributed by atoms with Gasteiger partial charge in [-0.05, 0) is 24.6 Å². The van der Waals surface area contributed by atoms with E-state index in [4.69, 9.17) is 9.15 Å². The predicted octanol–water partition coefficient (Wildman–Crippen LogP) is 3.18. The van der Waals surface area contributed by atoms with E-state index in [9.17, 15) is 0 Å². The monoisotopic (exact) mass is 232 g/mol. The molecule has 2 rings (SSSR count). The van der Waals surface area contributed by atoms with Crippen LogP contribution in [-0.4, -0.2) is 17.3 Å². The molecule has 1 aromatic carbocycles. The first kappa shape index (κ1) is 11.6. The summed E-state index contributed by atoms with van der Waals surface area (Å²) in [4.78, 5) is 0. The highest BCUT2D eigenvalue weighted by Gasteiger charge is 2.12. The van der Waals surface area contributed by atoms with E-state index in [1.165, 1.54) is 0 Å². The van der Waals surface area contributed by atoms with Gasteiger partial charge < -0.3 is 9.15 Å². The lowest BCUT2D eigenvalue weighted by atomic mass is 10.1. The Morgan fingerprint density at radius 2 is 2.00 bits per heavy atom. The standard InChI is InChI=1S/C13H16N2O2/c1-8(2)12-14-15-13(17-12)10-6-5-9(3)11(7-10)16-4/h5-8H,1-4H3. The topological polar surface area (TPSA) is 48.2 Å². The molecule has 0 saturated carbocycles. The highest BCUT2D eigenvalue weighted by Crippen LogP contribution is 2.27. The van der Waals surface area contributed by atoms with Crippen molar-refractivity contribution in [2.24, 2.45) is 0 Å². The zero-order valence-corrected chi connectivity index (χ0v) is 10.5. The molecule has 0 aliphatic rings. The summed E-state index contributed by atoms with van der Waals surface area (Å²) in [5, 5.41) is 8.05. The maximum atomic E-state index is 5.59. The highest BCUT2D eigenvalue weighted by atomic mass is 16.5. The van der Waals surface area contributed by atoms with Crippen molar-refractivity contribution >= 4 is 0 Å². The van der Waals surface area contributed by atoms with Crippen LogP contribution in [0.1, 0.15) is 31.2 Å². The van der Waals surface area contributed by atoms with E-state index in [1.807, 2.05) is 39.0 Å². The summed E-state index contributed by atoms with van der Waals surface area (Å²) in [6, 6.07) is 5.84. The maximum absolute atomic E-state index is 5.59. The molecule has 0 atom stereocenters. The fourth-order valence-electron chi connectivity index (χ4n) is 1.54. The Balaban J connectivity index is 2.38. The summed E-state index contributed by atoms with van der Waals surface area (Å²) in [6.07, 6.45) is 0. The Labute approximate surface area is 101 Å². The van der Waals surface area contributed by atoms with Gasteiger partial charge in [-0.1, -0.05) is 19.9 Å². The number of benzene rings is 1. The number of methoxy groups -OCH3 is 1. The van der Waals surface area contributed by atoms with Crippen molar-refractivity contribution in [2.45, 2.75) is 26.7 Å². The van der Waals surface area contributed by atoms with E-state index in [-0.39, 0.29) is 5.92 Å². The second kappa shape index (κ2) is 4.57. The van der Waals surface area contributed by atoms with Crippen LogP contribution in [0.2, 0.25) is 0 Å². The third-order valence-corrected chi connectivity index (χ3v) is 2.59. The van der Waals surface area contributed by atoms with Crippen LogP contribution >= 0.6 is 0 Å². The first-order chi connectivity index (χ1) is 8.11. The Hall–Kier alpha value is -1.84. The summed E-state index contributed by atoms with van der Waals surface area (Å²) < 4.78 is 10.9. The van der Waals surface area contributed by atoms with Gasteiger partial charge in [-0.25, -0.2) is 0 Å². The third-order valence-electron chi connectivity index (χ3n) is 2.59. The van der Waals surface area contributed by atoms with Crippen molar-refractivity contribution < 1.29 is 9.15 Å². The van der Waals surface area contributed by atoms with Gasteiger partial charge in [0.25, 0.3) is 0 Å². The van der Waals surface area contributed by atoms with Crippen LogP contribution in [0.25, 0.3) is 11.5 Å². The molecule has 0 unspecified atom stereocenters. The summed E-state index contributed by atoms with van der Waals surface area (Å²) in [5.41, 5.74) is 1.96. The number of nitrogens with zero attached hydrogens (tertiary/aromatic N) is 2. The minimum absolute atomic E-state index is 0.239. The van der Waals surface area contributed by atoms with Crippen LogP contribution in [0.5, 0.6) is 5.75 Å². The van der Waals surface area contributed by atoms with E-state index in [0.717, 1.165) is 16.9 Å². The highest BCUT2D eigenvalue weighted by molar-refractivity contribution is 5.57. The van der Waals surface area contributed by atoms with Gasteiger partial charge in [0.1, 0.15) is 5.75 Å². The molecule has 1 aromatic heterocycles. The lowest BCUT2D eigenvalue weighted by Gasteiger charge is -2.05. The first-order valence-corrected chi connectivity index (χ1v) is 5.60. The summed E-state index contributed by atoms with van der Waals surface area (Å²) >= 11 is 0. The van der Waals surface area contributed by atoms with Gasteiger partial charge in [-0.3, -0.25) is 0 Å². The molecule has 0 saturated heterocycles. The minimum Gasteiger partial charge on any atom is -0.496 e. The average Bonchev–Trinajstić information content (AvgIpc) is 2.79. The van der Waals surface area contributed by atoms with E-state index in [0.29, 0.717) is 11.8 Å². The molecular weight excluding hydrogens is 216 g/mol. The van der Waals surface area contributed by atoms with Crippen LogP contribution in [0.3, 0.4) is 0 Å². The van der Waals surface area contributed by atoms with Gasteiger partial charge in [-0.2, -0.15) is 0 Å². The summed E-state index contributed by atoms with van der Waals surface area (Å²) in [5.74, 6) is 2.25. The SMILES string of the molecule is COc1cc(-c2nnc(C(C)C)o2)ccc1C. The quantitative estimate of drug-likeness (QED) is 0.815. The lowest BCUT2D eigenvalue weighted by molar-refractivity contribution is 0.411. The number of rotatable bonds is 3. The predicted molar refractivity (Wildman–Crippen MR) is 65.1 cm³/mol. The van der Waals surface area contributed by atoms with E-state index in [2.05, 4.69) is 10.2 Å². The van der Waals surface area contributed by atoms with Crippen molar-refractivity contribution in [3.63, 3.8) is 0 Å². The van der Waals surface area contributed by atoms with E-state index < -0.39 is 0 Å². The van der Waals surface area contributed by atoms with Gasteiger partial charge >= 0.3 is 0 Å². The van der Waals surface area contributed by atoms with E-state index in [1.54, 1.807) is 7.11 Å². The first-order valence-electron chi connectivity index (χ1n) is 5.60. The molecule has 1 heterocycles. The molecule has 0 bridgehead atoms. The minimum atomic E-state index is 0.239. The van der Waals surface area contributed by atoms with Gasteiger partial charge in [0, 0.05) is 11.5 Å². The van der Waals surface area contributed by atoms with Crippen molar-refractivity contribution in [1.82, 2.24) is 10.2 Å². The Bertz CT molecular complexity index is 518. The Kier molecular flexibility index (Phi) is 3.13. The molecule has 0 spiro atoms. The van der Waals surface area contributed by atoms with Gasteiger partial charge in [0.05, 0.1) is 7.11 Å². The molecule has 0 aliphatic heterocycles. The second-order valence-corrected chi connectivity index (χ2v) is 4.28. The molecule has 0 radical (unpaired) electrons. The Morgan fingerprint density at radius 1 is 1.24 bits per heavy atom. The number of hydrogen-bond donors (Lipinski definition) is 0. The summed E-state index contributed by atoms with van der Waals surface area (Å²) in [6.45, 7) is 6.04. The molecule has 4 nitrogen and oxygen atoms in total. The molecule has 0 aliphatic carbocycles. The van der Waals surface area contributed by atoms with Crippen LogP contribution in [0.15, 0.2) is 22.6 Å². The largest absolute Gasteiger partial charge is 0.496 e. The number of hydrogen-bond acceptors (Lipinski definition) is 4. The molecule has 90 valence electrons. The van der Waals surface area contributed by atoms with Gasteiger partial charge in [-0.15, -0.1) is 10.2 Å².